The van der Waals surface area contributed by atoms with Gasteiger partial charge in [-0.2, -0.15) is 0 Å². The molecule has 0 bridgehead atoms. The van der Waals surface area contributed by atoms with Crippen molar-refractivity contribution < 1.29 is 9.47 Å². The molecule has 0 fully saturated rings. The van der Waals surface area contributed by atoms with Crippen LogP contribution >= 0.6 is 0 Å². The van der Waals surface area contributed by atoms with E-state index in [4.69, 9.17) is 9.47 Å². The first kappa shape index (κ1) is 19.5. The number of fused-ring (bicyclic) bond motifs is 1. The van der Waals surface area contributed by atoms with Gasteiger partial charge in [-0.25, -0.2) is 4.99 Å². The van der Waals surface area contributed by atoms with Gasteiger partial charge in [0.2, 0.25) is 0 Å². The molecule has 140 valence electrons. The lowest BCUT2D eigenvalue weighted by atomic mass is 10.1. The summed E-state index contributed by atoms with van der Waals surface area (Å²) >= 11 is 0. The second-order valence-corrected chi connectivity index (χ2v) is 6.35. The molecule has 2 rings (SSSR count). The molecule has 1 heterocycles. The van der Waals surface area contributed by atoms with Crippen molar-refractivity contribution in [2.75, 3.05) is 53.5 Å². The van der Waals surface area contributed by atoms with Gasteiger partial charge in [-0.1, -0.05) is 18.2 Å². The molecule has 0 aliphatic carbocycles. The van der Waals surface area contributed by atoms with Crippen LogP contribution in [0, 0.1) is 0 Å². The van der Waals surface area contributed by atoms with E-state index in [2.05, 4.69) is 46.6 Å². The van der Waals surface area contributed by atoms with Crippen LogP contribution in [-0.2, 0) is 11.2 Å². The normalized spacial score (nSPS) is 16.6. The van der Waals surface area contributed by atoms with Gasteiger partial charge < -0.3 is 25.0 Å². The number of guanidine groups is 1. The van der Waals surface area contributed by atoms with E-state index < -0.39 is 0 Å². The number of para-hydroxylation sites is 1. The second-order valence-electron chi connectivity index (χ2n) is 6.35. The van der Waals surface area contributed by atoms with Gasteiger partial charge in [0, 0.05) is 33.2 Å². The Morgan fingerprint density at radius 1 is 1.32 bits per heavy atom. The fourth-order valence-corrected chi connectivity index (χ4v) is 2.81. The van der Waals surface area contributed by atoms with Crippen molar-refractivity contribution >= 4 is 5.96 Å². The zero-order valence-electron chi connectivity index (χ0n) is 15.8. The van der Waals surface area contributed by atoms with Crippen LogP contribution in [0.15, 0.2) is 29.3 Å². The van der Waals surface area contributed by atoms with Gasteiger partial charge in [-0.15, -0.1) is 0 Å². The third kappa shape index (κ3) is 6.92. The number of hydrogen-bond donors (Lipinski definition) is 2. The highest BCUT2D eigenvalue weighted by Gasteiger charge is 2.21. The van der Waals surface area contributed by atoms with E-state index in [9.17, 15) is 0 Å². The first-order valence-electron chi connectivity index (χ1n) is 9.17. The first-order valence-corrected chi connectivity index (χ1v) is 9.17. The van der Waals surface area contributed by atoms with Gasteiger partial charge in [-0.3, -0.25) is 0 Å². The van der Waals surface area contributed by atoms with Crippen molar-refractivity contribution in [2.24, 2.45) is 4.99 Å². The van der Waals surface area contributed by atoms with E-state index in [1.807, 2.05) is 12.1 Å². The molecule has 1 unspecified atom stereocenters. The lowest BCUT2D eigenvalue weighted by Gasteiger charge is -2.17. The van der Waals surface area contributed by atoms with E-state index in [1.165, 1.54) is 5.56 Å². The molecular weight excluding hydrogens is 316 g/mol. The Morgan fingerprint density at radius 2 is 2.16 bits per heavy atom. The molecule has 1 aliphatic heterocycles. The number of ether oxygens (including phenoxy) is 2. The minimum absolute atomic E-state index is 0.132. The maximum absolute atomic E-state index is 5.95. The summed E-state index contributed by atoms with van der Waals surface area (Å²) in [5.41, 5.74) is 1.28. The number of likely N-dealkylation sites (N-methyl/N-ethyl adjacent to an activating group) is 1. The van der Waals surface area contributed by atoms with Crippen LogP contribution in [0.25, 0.3) is 0 Å². The summed E-state index contributed by atoms with van der Waals surface area (Å²) in [6, 6.07) is 8.23. The Balaban J connectivity index is 1.70. The molecule has 0 saturated carbocycles. The summed E-state index contributed by atoms with van der Waals surface area (Å²) < 4.78 is 11.0. The van der Waals surface area contributed by atoms with E-state index in [0.29, 0.717) is 6.54 Å². The van der Waals surface area contributed by atoms with Crippen LogP contribution in [0.2, 0.25) is 0 Å². The van der Waals surface area contributed by atoms with Crippen molar-refractivity contribution in [3.8, 4) is 5.75 Å². The van der Waals surface area contributed by atoms with Gasteiger partial charge in [0.05, 0.1) is 13.2 Å². The van der Waals surface area contributed by atoms with Gasteiger partial charge in [0.15, 0.2) is 5.96 Å². The van der Waals surface area contributed by atoms with Crippen LogP contribution in [0.4, 0.5) is 0 Å². The molecule has 0 radical (unpaired) electrons. The Kier molecular flexibility index (Phi) is 8.55. The minimum atomic E-state index is 0.132. The molecule has 1 atom stereocenters. The molecule has 0 aromatic heterocycles. The highest BCUT2D eigenvalue weighted by molar-refractivity contribution is 5.79. The van der Waals surface area contributed by atoms with E-state index in [-0.39, 0.29) is 6.10 Å². The largest absolute Gasteiger partial charge is 0.488 e. The summed E-state index contributed by atoms with van der Waals surface area (Å²) in [4.78, 5) is 6.96. The van der Waals surface area contributed by atoms with Crippen molar-refractivity contribution in [1.29, 1.82) is 0 Å². The molecule has 0 saturated heterocycles. The molecule has 25 heavy (non-hydrogen) atoms. The SMILES string of the molecule is CCNC(=NCC1Cc2ccccc2O1)NCCCN(C)CCOC. The van der Waals surface area contributed by atoms with Crippen molar-refractivity contribution in [3.63, 3.8) is 0 Å². The first-order chi connectivity index (χ1) is 12.2. The van der Waals surface area contributed by atoms with Crippen LogP contribution in [0.3, 0.4) is 0 Å². The monoisotopic (exact) mass is 348 g/mol. The predicted octanol–water partition coefficient (Wildman–Crippen LogP) is 1.51. The van der Waals surface area contributed by atoms with E-state index in [1.54, 1.807) is 7.11 Å². The molecule has 1 aliphatic rings. The summed E-state index contributed by atoms with van der Waals surface area (Å²) in [6.07, 6.45) is 2.13. The molecule has 0 amide bonds. The molecule has 6 heteroatoms. The number of benzene rings is 1. The van der Waals surface area contributed by atoms with Gasteiger partial charge in [0.25, 0.3) is 0 Å². The highest BCUT2D eigenvalue weighted by atomic mass is 16.5. The van der Waals surface area contributed by atoms with Crippen molar-refractivity contribution in [1.82, 2.24) is 15.5 Å². The van der Waals surface area contributed by atoms with Gasteiger partial charge in [-0.05, 0) is 38.6 Å². The predicted molar refractivity (Wildman–Crippen MR) is 103 cm³/mol. The average molecular weight is 348 g/mol. The zero-order valence-corrected chi connectivity index (χ0v) is 15.8. The molecule has 0 spiro atoms. The number of aliphatic imine (C=N–C) groups is 1. The van der Waals surface area contributed by atoms with Gasteiger partial charge >= 0.3 is 0 Å². The van der Waals surface area contributed by atoms with Crippen LogP contribution in [-0.4, -0.2) is 70.5 Å². The van der Waals surface area contributed by atoms with Crippen molar-refractivity contribution in [3.05, 3.63) is 29.8 Å². The smallest absolute Gasteiger partial charge is 0.191 e. The molecule has 1 aromatic rings. The van der Waals surface area contributed by atoms with Gasteiger partial charge in [0.1, 0.15) is 11.9 Å². The number of nitrogens with zero attached hydrogens (tertiary/aromatic N) is 2. The lowest BCUT2D eigenvalue weighted by molar-refractivity contribution is 0.161. The van der Waals surface area contributed by atoms with Crippen molar-refractivity contribution in [2.45, 2.75) is 25.9 Å². The summed E-state index contributed by atoms with van der Waals surface area (Å²) in [6.45, 7) is 7.27. The third-order valence-corrected chi connectivity index (χ3v) is 4.20. The lowest BCUT2D eigenvalue weighted by Crippen LogP contribution is -2.39. The average Bonchev–Trinajstić information content (AvgIpc) is 3.04. The maximum atomic E-state index is 5.95. The summed E-state index contributed by atoms with van der Waals surface area (Å²) in [5.74, 6) is 1.86. The highest BCUT2D eigenvalue weighted by Crippen LogP contribution is 2.28. The van der Waals surface area contributed by atoms with E-state index in [0.717, 1.165) is 57.3 Å². The second kappa shape index (κ2) is 10.9. The van der Waals surface area contributed by atoms with E-state index >= 15 is 0 Å². The maximum Gasteiger partial charge on any atom is 0.191 e. The number of rotatable bonds is 10. The Bertz CT molecular complexity index is 511. The van der Waals surface area contributed by atoms with Crippen LogP contribution < -0.4 is 15.4 Å². The van der Waals surface area contributed by atoms with Crippen LogP contribution in [0.1, 0.15) is 18.9 Å². The zero-order chi connectivity index (χ0) is 17.9. The Morgan fingerprint density at radius 3 is 2.92 bits per heavy atom. The third-order valence-electron chi connectivity index (χ3n) is 4.20. The molecule has 2 N–H and O–H groups in total. The molecule has 6 nitrogen and oxygen atoms in total. The molecule has 1 aromatic carbocycles. The number of hydrogen-bond acceptors (Lipinski definition) is 4. The number of nitrogens with one attached hydrogen (secondary N) is 2. The minimum Gasteiger partial charge on any atom is -0.488 e. The fourth-order valence-electron chi connectivity index (χ4n) is 2.81. The molecular formula is C19H32N4O2. The standard InChI is InChI=1S/C19H32N4O2/c1-4-20-19(21-10-7-11-23(2)12-13-24-3)22-15-17-14-16-8-5-6-9-18(16)25-17/h5-6,8-9,17H,4,7,10-15H2,1-3H3,(H2,20,21,22). The van der Waals surface area contributed by atoms with Crippen LogP contribution in [0.5, 0.6) is 5.75 Å². The summed E-state index contributed by atoms with van der Waals surface area (Å²) in [5, 5.41) is 6.70. The quantitative estimate of drug-likeness (QED) is 0.381. The Hall–Kier alpha value is -1.79. The topological polar surface area (TPSA) is 58.1 Å². The summed E-state index contributed by atoms with van der Waals surface area (Å²) in [7, 11) is 3.86. The fraction of sp³-hybridized carbons (Fsp3) is 0.632. The number of methoxy groups -OCH3 is 1. The Labute approximate surface area is 151 Å².